The molecule has 0 N–H and O–H groups in total. The van der Waals surface area contributed by atoms with Crippen LogP contribution in [0, 0.1) is 11.8 Å². The topological polar surface area (TPSA) is 3.24 Å². The minimum atomic E-state index is 0.235. The third-order valence-electron chi connectivity index (χ3n) is 3.76. The summed E-state index contributed by atoms with van der Waals surface area (Å²) in [6.07, 6.45) is 4.11. The summed E-state index contributed by atoms with van der Waals surface area (Å²) >= 11 is 12.1. The Bertz CT molecular complexity index is 542. The Balaban J connectivity index is 3.29. The highest BCUT2D eigenvalue weighted by molar-refractivity contribution is 6.30. The molecule has 0 saturated heterocycles. The van der Waals surface area contributed by atoms with Crippen LogP contribution in [0.15, 0.2) is 47.0 Å². The normalized spacial score (nSPS) is 14.8. The van der Waals surface area contributed by atoms with E-state index in [4.69, 9.17) is 23.2 Å². The molecule has 1 aromatic rings. The molecule has 0 bridgehead atoms. The zero-order valence-corrected chi connectivity index (χ0v) is 17.3. The fraction of sp³-hybridized carbons (Fsp3) is 0.524. The molecular weight excluding hydrogens is 337 g/mol. The number of hydrogen-bond donors (Lipinski definition) is 0. The summed E-state index contributed by atoms with van der Waals surface area (Å²) in [4.78, 5) is 2.57. The molecule has 0 aromatic heterocycles. The van der Waals surface area contributed by atoms with Crippen molar-refractivity contribution in [3.05, 3.63) is 57.6 Å². The van der Waals surface area contributed by atoms with Gasteiger partial charge in [-0.05, 0) is 49.5 Å². The minimum Gasteiger partial charge on any atom is -0.292 e. The van der Waals surface area contributed by atoms with Crippen LogP contribution < -0.4 is 0 Å². The summed E-state index contributed by atoms with van der Waals surface area (Å²) in [5.41, 5.74) is 2.56. The Morgan fingerprint density at radius 3 is 1.88 bits per heavy atom. The molecule has 0 spiro atoms. The van der Waals surface area contributed by atoms with Crippen molar-refractivity contribution in [3.63, 3.8) is 0 Å². The average Bonchev–Trinajstić information content (AvgIpc) is 2.46. The second kappa shape index (κ2) is 10.3. The highest BCUT2D eigenvalue weighted by Gasteiger charge is 2.23. The monoisotopic (exact) mass is 367 g/mol. The van der Waals surface area contributed by atoms with Gasteiger partial charge in [-0.3, -0.25) is 4.90 Å². The number of rotatable bonds is 8. The van der Waals surface area contributed by atoms with Crippen LogP contribution in [0.1, 0.15) is 53.1 Å². The predicted octanol–water partition coefficient (Wildman–Crippen LogP) is 7.08. The van der Waals surface area contributed by atoms with Crippen molar-refractivity contribution in [1.29, 1.82) is 0 Å². The summed E-state index contributed by atoms with van der Waals surface area (Å²) in [6.45, 7) is 15.3. The summed E-state index contributed by atoms with van der Waals surface area (Å²) in [7, 11) is 0. The quantitative estimate of drug-likeness (QED) is 0.443. The van der Waals surface area contributed by atoms with Crippen molar-refractivity contribution in [2.24, 2.45) is 11.8 Å². The maximum absolute atomic E-state index is 6.09. The van der Waals surface area contributed by atoms with E-state index in [1.165, 1.54) is 11.1 Å². The standard InChI is InChI=1S/C21H31Cl2N/c1-15(2)13-24(14-16(3)4)21(17(5)7-8-18(6)22)19-9-11-20(23)12-10-19/h7-12,15-16,21H,13-14H2,1-6H3/b17-7+,18-8+. The molecule has 0 aliphatic rings. The van der Waals surface area contributed by atoms with Gasteiger partial charge in [-0.2, -0.15) is 0 Å². The van der Waals surface area contributed by atoms with Gasteiger partial charge in [0.25, 0.3) is 0 Å². The number of nitrogens with zero attached hydrogens (tertiary/aromatic N) is 1. The van der Waals surface area contributed by atoms with Crippen LogP contribution in [0.25, 0.3) is 0 Å². The van der Waals surface area contributed by atoms with Gasteiger partial charge in [0.15, 0.2) is 0 Å². The van der Waals surface area contributed by atoms with Gasteiger partial charge in [-0.1, -0.05) is 74.7 Å². The summed E-state index contributed by atoms with van der Waals surface area (Å²) in [5.74, 6) is 1.22. The number of hydrogen-bond acceptors (Lipinski definition) is 1. The summed E-state index contributed by atoms with van der Waals surface area (Å²) in [6, 6.07) is 8.45. The van der Waals surface area contributed by atoms with E-state index in [-0.39, 0.29) is 6.04 Å². The van der Waals surface area contributed by atoms with Gasteiger partial charge in [0.2, 0.25) is 0 Å². The Kier molecular flexibility index (Phi) is 9.12. The lowest BCUT2D eigenvalue weighted by molar-refractivity contribution is 0.176. The number of allylic oxidation sites excluding steroid dienone is 3. The Labute approximate surface area is 158 Å². The summed E-state index contributed by atoms with van der Waals surface area (Å²) < 4.78 is 0. The highest BCUT2D eigenvalue weighted by atomic mass is 35.5. The van der Waals surface area contributed by atoms with Crippen LogP contribution in [0.5, 0.6) is 0 Å². The molecule has 3 heteroatoms. The first-order valence-corrected chi connectivity index (χ1v) is 9.46. The van der Waals surface area contributed by atoms with E-state index < -0.39 is 0 Å². The smallest absolute Gasteiger partial charge is 0.0561 e. The van der Waals surface area contributed by atoms with E-state index in [1.54, 1.807) is 0 Å². The molecule has 134 valence electrons. The molecule has 0 radical (unpaired) electrons. The van der Waals surface area contributed by atoms with Crippen molar-refractivity contribution in [2.45, 2.75) is 47.6 Å². The van der Waals surface area contributed by atoms with E-state index in [2.05, 4.69) is 57.7 Å². The molecule has 1 nitrogen and oxygen atoms in total. The van der Waals surface area contributed by atoms with E-state index in [1.807, 2.05) is 25.1 Å². The highest BCUT2D eigenvalue weighted by Crippen LogP contribution is 2.31. The van der Waals surface area contributed by atoms with Crippen molar-refractivity contribution in [3.8, 4) is 0 Å². The van der Waals surface area contributed by atoms with Crippen molar-refractivity contribution >= 4 is 23.2 Å². The molecule has 24 heavy (non-hydrogen) atoms. The lowest BCUT2D eigenvalue weighted by Crippen LogP contribution is -2.35. The fourth-order valence-electron chi connectivity index (χ4n) is 2.97. The van der Waals surface area contributed by atoms with E-state index in [0.717, 1.165) is 23.1 Å². The van der Waals surface area contributed by atoms with Gasteiger partial charge in [0.05, 0.1) is 6.04 Å². The molecule has 1 rings (SSSR count). The zero-order valence-electron chi connectivity index (χ0n) is 15.8. The maximum Gasteiger partial charge on any atom is 0.0561 e. The van der Waals surface area contributed by atoms with Crippen molar-refractivity contribution < 1.29 is 0 Å². The van der Waals surface area contributed by atoms with Gasteiger partial charge in [-0.15, -0.1) is 0 Å². The van der Waals surface area contributed by atoms with Crippen LogP contribution in [-0.2, 0) is 0 Å². The molecule has 1 unspecified atom stereocenters. The fourth-order valence-corrected chi connectivity index (χ4v) is 3.16. The van der Waals surface area contributed by atoms with Gasteiger partial charge >= 0.3 is 0 Å². The molecule has 0 aliphatic carbocycles. The van der Waals surface area contributed by atoms with Gasteiger partial charge < -0.3 is 0 Å². The van der Waals surface area contributed by atoms with Gasteiger partial charge in [-0.25, -0.2) is 0 Å². The first-order valence-electron chi connectivity index (χ1n) is 8.70. The largest absolute Gasteiger partial charge is 0.292 e. The van der Waals surface area contributed by atoms with Gasteiger partial charge in [0.1, 0.15) is 0 Å². The first-order chi connectivity index (χ1) is 11.2. The van der Waals surface area contributed by atoms with E-state index in [9.17, 15) is 0 Å². The van der Waals surface area contributed by atoms with Crippen LogP contribution in [-0.4, -0.2) is 18.0 Å². The zero-order chi connectivity index (χ0) is 18.3. The SMILES string of the molecule is C/C(Cl)=C\C=C(/C)C(c1ccc(Cl)cc1)N(CC(C)C)CC(C)C. The lowest BCUT2D eigenvalue weighted by Gasteiger charge is -2.35. The number of benzene rings is 1. The number of halogens is 2. The molecule has 0 aliphatic heterocycles. The summed E-state index contributed by atoms with van der Waals surface area (Å²) in [5, 5.41) is 1.57. The Morgan fingerprint density at radius 2 is 1.46 bits per heavy atom. The Morgan fingerprint density at radius 1 is 0.958 bits per heavy atom. The second-order valence-electron chi connectivity index (χ2n) is 7.36. The average molecular weight is 368 g/mol. The van der Waals surface area contributed by atoms with Crippen molar-refractivity contribution in [1.82, 2.24) is 4.90 Å². The minimum absolute atomic E-state index is 0.235. The molecular formula is C21H31Cl2N. The first kappa shape index (κ1) is 21.3. The maximum atomic E-state index is 6.09. The molecule has 1 aromatic carbocycles. The van der Waals surface area contributed by atoms with Gasteiger partial charge in [0, 0.05) is 23.1 Å². The molecule has 0 saturated carbocycles. The van der Waals surface area contributed by atoms with E-state index >= 15 is 0 Å². The molecule has 1 atom stereocenters. The second-order valence-corrected chi connectivity index (χ2v) is 8.39. The molecule has 0 heterocycles. The van der Waals surface area contributed by atoms with Crippen LogP contribution >= 0.6 is 23.2 Å². The molecule has 0 fully saturated rings. The third-order valence-corrected chi connectivity index (χ3v) is 4.14. The van der Waals surface area contributed by atoms with Crippen LogP contribution in [0.3, 0.4) is 0 Å². The van der Waals surface area contributed by atoms with Crippen LogP contribution in [0.2, 0.25) is 5.02 Å². The Hall–Kier alpha value is -0.760. The van der Waals surface area contributed by atoms with Crippen molar-refractivity contribution in [2.75, 3.05) is 13.1 Å². The van der Waals surface area contributed by atoms with Crippen LogP contribution in [0.4, 0.5) is 0 Å². The predicted molar refractivity (Wildman–Crippen MR) is 109 cm³/mol. The lowest BCUT2D eigenvalue weighted by atomic mass is 9.95. The van der Waals surface area contributed by atoms with E-state index in [0.29, 0.717) is 11.8 Å². The molecule has 0 amide bonds. The third kappa shape index (κ3) is 7.42.